The number of unbranched alkanes of at least 4 members (excludes halogenated alkanes) is 1. The molecule has 2 heteroatoms. The van der Waals surface area contributed by atoms with Crippen molar-refractivity contribution in [1.29, 1.82) is 0 Å². The van der Waals surface area contributed by atoms with E-state index in [9.17, 15) is 0 Å². The average molecular weight is 304 g/mol. The van der Waals surface area contributed by atoms with Crippen LogP contribution in [0.4, 0.5) is 0 Å². The van der Waals surface area contributed by atoms with Crippen molar-refractivity contribution in [3.05, 3.63) is 77.2 Å². The molecular weight excluding hydrogens is 280 g/mol. The number of benzene rings is 2. The van der Waals surface area contributed by atoms with Crippen molar-refractivity contribution in [3.63, 3.8) is 0 Å². The van der Waals surface area contributed by atoms with Crippen LogP contribution in [0.15, 0.2) is 54.6 Å². The number of aromatic amines is 1. The molecular formula is C21H24N2. The standard InChI is InChI=1S/C21H24N2/c1-3-4-8-17-11-13-19(14-12-17)21-16(2)22-20(23-21)15-18-9-6-5-7-10-18/h5-7,9-14H,3-4,8,15H2,1-2H3,(H,22,23). The summed E-state index contributed by atoms with van der Waals surface area (Å²) in [7, 11) is 0. The largest absolute Gasteiger partial charge is 0.345 e. The molecule has 0 bridgehead atoms. The Bertz CT molecular complexity index is 739. The summed E-state index contributed by atoms with van der Waals surface area (Å²) in [6.45, 7) is 4.33. The normalized spacial score (nSPS) is 10.9. The zero-order valence-electron chi connectivity index (χ0n) is 14.0. The highest BCUT2D eigenvalue weighted by molar-refractivity contribution is 5.62. The van der Waals surface area contributed by atoms with Crippen molar-refractivity contribution in [2.45, 2.75) is 39.5 Å². The van der Waals surface area contributed by atoms with Gasteiger partial charge in [-0.15, -0.1) is 0 Å². The first-order valence-electron chi connectivity index (χ1n) is 8.45. The number of nitrogens with one attached hydrogen (secondary N) is 1. The Morgan fingerprint density at radius 1 is 0.913 bits per heavy atom. The van der Waals surface area contributed by atoms with Crippen LogP contribution in [0.25, 0.3) is 11.3 Å². The van der Waals surface area contributed by atoms with E-state index in [0.717, 1.165) is 30.1 Å². The van der Waals surface area contributed by atoms with E-state index in [-0.39, 0.29) is 0 Å². The maximum atomic E-state index is 4.81. The zero-order valence-corrected chi connectivity index (χ0v) is 14.0. The van der Waals surface area contributed by atoms with Gasteiger partial charge in [-0.3, -0.25) is 0 Å². The molecule has 0 radical (unpaired) electrons. The SMILES string of the molecule is CCCCc1ccc(-c2nc(Cc3ccccc3)[nH]c2C)cc1. The van der Waals surface area contributed by atoms with Gasteiger partial charge in [0.1, 0.15) is 5.82 Å². The molecule has 0 fully saturated rings. The van der Waals surface area contributed by atoms with E-state index in [1.165, 1.54) is 29.5 Å². The van der Waals surface area contributed by atoms with Crippen LogP contribution in [0.2, 0.25) is 0 Å². The van der Waals surface area contributed by atoms with Crippen LogP contribution < -0.4 is 0 Å². The quantitative estimate of drug-likeness (QED) is 0.656. The van der Waals surface area contributed by atoms with Crippen molar-refractivity contribution < 1.29 is 0 Å². The molecule has 1 aromatic heterocycles. The monoisotopic (exact) mass is 304 g/mol. The molecule has 0 aliphatic carbocycles. The van der Waals surface area contributed by atoms with Gasteiger partial charge in [-0.05, 0) is 30.9 Å². The van der Waals surface area contributed by atoms with Gasteiger partial charge in [-0.25, -0.2) is 4.98 Å². The molecule has 0 amide bonds. The predicted octanol–water partition coefficient (Wildman–Crippen LogP) is 5.32. The minimum Gasteiger partial charge on any atom is -0.345 e. The third-order valence-electron chi connectivity index (χ3n) is 4.19. The minimum absolute atomic E-state index is 0.844. The highest BCUT2D eigenvalue weighted by atomic mass is 14.9. The summed E-state index contributed by atoms with van der Waals surface area (Å²) >= 11 is 0. The first-order chi connectivity index (χ1) is 11.3. The van der Waals surface area contributed by atoms with Crippen LogP contribution in [0.3, 0.4) is 0 Å². The molecule has 23 heavy (non-hydrogen) atoms. The molecule has 1 heterocycles. The summed E-state index contributed by atoms with van der Waals surface area (Å²) in [5, 5.41) is 0. The molecule has 2 aromatic carbocycles. The van der Waals surface area contributed by atoms with E-state index in [1.807, 2.05) is 6.07 Å². The minimum atomic E-state index is 0.844. The Balaban J connectivity index is 1.78. The molecule has 0 saturated heterocycles. The van der Waals surface area contributed by atoms with Gasteiger partial charge in [0.05, 0.1) is 5.69 Å². The van der Waals surface area contributed by atoms with E-state index < -0.39 is 0 Å². The summed E-state index contributed by atoms with van der Waals surface area (Å²) in [5.74, 6) is 1.03. The van der Waals surface area contributed by atoms with Crippen molar-refractivity contribution in [1.82, 2.24) is 9.97 Å². The van der Waals surface area contributed by atoms with Crippen LogP contribution in [0.5, 0.6) is 0 Å². The second kappa shape index (κ2) is 7.28. The number of hydrogen-bond donors (Lipinski definition) is 1. The summed E-state index contributed by atoms with van der Waals surface area (Å²) in [6.07, 6.45) is 4.50. The predicted molar refractivity (Wildman–Crippen MR) is 96.6 cm³/mol. The molecule has 0 aliphatic heterocycles. The lowest BCUT2D eigenvalue weighted by atomic mass is 10.0. The van der Waals surface area contributed by atoms with Crippen molar-refractivity contribution in [3.8, 4) is 11.3 Å². The van der Waals surface area contributed by atoms with Crippen molar-refractivity contribution in [2.24, 2.45) is 0 Å². The molecule has 118 valence electrons. The number of aryl methyl sites for hydroxylation is 2. The Hall–Kier alpha value is -2.35. The van der Waals surface area contributed by atoms with E-state index in [2.05, 4.69) is 67.4 Å². The number of H-pyrrole nitrogens is 1. The van der Waals surface area contributed by atoms with Crippen LogP contribution in [-0.4, -0.2) is 9.97 Å². The van der Waals surface area contributed by atoms with Crippen molar-refractivity contribution >= 4 is 0 Å². The number of rotatable bonds is 6. The lowest BCUT2D eigenvalue weighted by Gasteiger charge is -2.02. The number of aromatic nitrogens is 2. The van der Waals surface area contributed by atoms with Crippen LogP contribution >= 0.6 is 0 Å². The van der Waals surface area contributed by atoms with Gasteiger partial charge < -0.3 is 4.98 Å². The highest BCUT2D eigenvalue weighted by Crippen LogP contribution is 2.23. The molecule has 2 nitrogen and oxygen atoms in total. The molecule has 3 aromatic rings. The smallest absolute Gasteiger partial charge is 0.111 e. The fraction of sp³-hybridized carbons (Fsp3) is 0.286. The molecule has 0 unspecified atom stereocenters. The molecule has 0 atom stereocenters. The van der Waals surface area contributed by atoms with Gasteiger partial charge >= 0.3 is 0 Å². The average Bonchev–Trinajstić information content (AvgIpc) is 2.94. The molecule has 1 N–H and O–H groups in total. The Labute approximate surface area is 138 Å². The second-order valence-electron chi connectivity index (χ2n) is 6.12. The van der Waals surface area contributed by atoms with Crippen LogP contribution in [0.1, 0.15) is 42.4 Å². The summed E-state index contributed by atoms with van der Waals surface area (Å²) in [5.41, 5.74) is 6.09. The molecule has 3 rings (SSSR count). The van der Waals surface area contributed by atoms with Crippen LogP contribution in [-0.2, 0) is 12.8 Å². The topological polar surface area (TPSA) is 28.7 Å². The Morgan fingerprint density at radius 2 is 1.65 bits per heavy atom. The number of imidazole rings is 1. The zero-order chi connectivity index (χ0) is 16.1. The summed E-state index contributed by atoms with van der Waals surface area (Å²) in [6, 6.07) is 19.3. The highest BCUT2D eigenvalue weighted by Gasteiger charge is 2.09. The first kappa shape index (κ1) is 15.5. The van der Waals surface area contributed by atoms with E-state index >= 15 is 0 Å². The fourth-order valence-electron chi connectivity index (χ4n) is 2.89. The Morgan fingerprint density at radius 3 is 2.35 bits per heavy atom. The fourth-order valence-corrected chi connectivity index (χ4v) is 2.89. The van der Waals surface area contributed by atoms with E-state index in [4.69, 9.17) is 4.98 Å². The Kier molecular flexibility index (Phi) is 4.92. The summed E-state index contributed by atoms with van der Waals surface area (Å²) < 4.78 is 0. The van der Waals surface area contributed by atoms with Gasteiger partial charge in [0.15, 0.2) is 0 Å². The van der Waals surface area contributed by atoms with Gasteiger partial charge in [-0.2, -0.15) is 0 Å². The molecule has 0 saturated carbocycles. The maximum Gasteiger partial charge on any atom is 0.111 e. The third-order valence-corrected chi connectivity index (χ3v) is 4.19. The first-order valence-corrected chi connectivity index (χ1v) is 8.45. The maximum absolute atomic E-state index is 4.81. The second-order valence-corrected chi connectivity index (χ2v) is 6.12. The van der Waals surface area contributed by atoms with E-state index in [0.29, 0.717) is 0 Å². The summed E-state index contributed by atoms with van der Waals surface area (Å²) in [4.78, 5) is 8.24. The molecule has 0 spiro atoms. The van der Waals surface area contributed by atoms with Gasteiger partial charge in [0.25, 0.3) is 0 Å². The molecule has 0 aliphatic rings. The van der Waals surface area contributed by atoms with Gasteiger partial charge in [-0.1, -0.05) is 67.9 Å². The van der Waals surface area contributed by atoms with Crippen molar-refractivity contribution in [2.75, 3.05) is 0 Å². The van der Waals surface area contributed by atoms with Gasteiger partial charge in [0, 0.05) is 17.7 Å². The lowest BCUT2D eigenvalue weighted by molar-refractivity contribution is 0.795. The van der Waals surface area contributed by atoms with E-state index in [1.54, 1.807) is 0 Å². The third kappa shape index (κ3) is 3.89. The van der Waals surface area contributed by atoms with Gasteiger partial charge in [0.2, 0.25) is 0 Å². The number of nitrogens with zero attached hydrogens (tertiary/aromatic N) is 1. The lowest BCUT2D eigenvalue weighted by Crippen LogP contribution is -1.90. The van der Waals surface area contributed by atoms with Crippen LogP contribution in [0, 0.1) is 6.92 Å². The number of hydrogen-bond acceptors (Lipinski definition) is 1.